The van der Waals surface area contributed by atoms with Crippen molar-refractivity contribution in [2.75, 3.05) is 18.8 Å². The largest absolute Gasteiger partial charge is 0.449 e. The van der Waals surface area contributed by atoms with E-state index >= 15 is 0 Å². The number of alkyl halides is 3. The third-order valence-corrected chi connectivity index (χ3v) is 7.03. The predicted molar refractivity (Wildman–Crippen MR) is 97.7 cm³/mol. The Morgan fingerprint density at radius 1 is 1.19 bits per heavy atom. The number of nitrogens with zero attached hydrogens (tertiary/aromatic N) is 3. The molecule has 0 N–H and O–H groups in total. The minimum Gasteiger partial charge on any atom is -0.320 e. The summed E-state index contributed by atoms with van der Waals surface area (Å²) in [4.78, 5) is 3.77. The van der Waals surface area contributed by atoms with Gasteiger partial charge in [0.25, 0.3) is 0 Å². The van der Waals surface area contributed by atoms with Crippen LogP contribution >= 0.6 is 0 Å². The number of hydrogen-bond donors (Lipinski definition) is 0. The molecule has 2 heterocycles. The van der Waals surface area contributed by atoms with Crippen molar-refractivity contribution in [2.24, 2.45) is 5.92 Å². The van der Waals surface area contributed by atoms with Gasteiger partial charge in [-0.3, -0.25) is 0 Å². The highest BCUT2D eigenvalue weighted by atomic mass is 32.2. The first-order valence-electron chi connectivity index (χ1n) is 9.22. The van der Waals surface area contributed by atoms with Crippen LogP contribution in [-0.4, -0.2) is 41.1 Å². The van der Waals surface area contributed by atoms with Gasteiger partial charge in [0.1, 0.15) is 0 Å². The molecule has 1 saturated heterocycles. The third-order valence-electron chi connectivity index (χ3n) is 5.07. The van der Waals surface area contributed by atoms with E-state index < -0.39 is 22.0 Å². The van der Waals surface area contributed by atoms with Crippen molar-refractivity contribution in [3.05, 3.63) is 30.1 Å². The van der Waals surface area contributed by atoms with E-state index in [2.05, 4.69) is 4.98 Å². The summed E-state index contributed by atoms with van der Waals surface area (Å²) in [5, 5.41) is 0. The van der Waals surface area contributed by atoms with Crippen molar-refractivity contribution in [3.8, 4) is 0 Å². The summed E-state index contributed by atoms with van der Waals surface area (Å²) in [6, 6.07) is 6.58. The number of imidazole rings is 1. The van der Waals surface area contributed by atoms with E-state index in [4.69, 9.17) is 0 Å². The Balaban J connectivity index is 1.74. The number of rotatable bonds is 6. The van der Waals surface area contributed by atoms with E-state index in [0.717, 1.165) is 6.42 Å². The second-order valence-electron chi connectivity index (χ2n) is 7.04. The molecule has 2 aromatic rings. The van der Waals surface area contributed by atoms with E-state index in [1.165, 1.54) is 8.87 Å². The Bertz CT molecular complexity index is 885. The summed E-state index contributed by atoms with van der Waals surface area (Å²) in [5.41, 5.74) is 0.784. The Morgan fingerprint density at radius 2 is 1.85 bits per heavy atom. The maximum absolute atomic E-state index is 13.4. The second-order valence-corrected chi connectivity index (χ2v) is 9.13. The fourth-order valence-corrected chi connectivity index (χ4v) is 5.24. The lowest BCUT2D eigenvalue weighted by atomic mass is 9.98. The van der Waals surface area contributed by atoms with Crippen LogP contribution in [0.1, 0.15) is 38.4 Å². The van der Waals surface area contributed by atoms with Gasteiger partial charge in [0, 0.05) is 19.6 Å². The number of aromatic nitrogens is 2. The van der Waals surface area contributed by atoms with E-state index in [9.17, 15) is 21.6 Å². The Morgan fingerprint density at radius 3 is 2.48 bits per heavy atom. The molecule has 0 amide bonds. The maximum atomic E-state index is 13.4. The molecule has 1 aliphatic heterocycles. The molecule has 1 fully saturated rings. The first-order valence-corrected chi connectivity index (χ1v) is 10.8. The lowest BCUT2D eigenvalue weighted by Gasteiger charge is -2.31. The van der Waals surface area contributed by atoms with Gasteiger partial charge in [-0.25, -0.2) is 17.7 Å². The number of benzene rings is 1. The van der Waals surface area contributed by atoms with E-state index in [0.29, 0.717) is 43.4 Å². The Kier molecular flexibility index (Phi) is 5.81. The average molecular weight is 403 g/mol. The van der Waals surface area contributed by atoms with Crippen molar-refractivity contribution in [1.82, 2.24) is 13.9 Å². The zero-order valence-corrected chi connectivity index (χ0v) is 16.1. The van der Waals surface area contributed by atoms with Gasteiger partial charge in [0.05, 0.1) is 16.8 Å². The van der Waals surface area contributed by atoms with Gasteiger partial charge in [-0.15, -0.1) is 0 Å². The van der Waals surface area contributed by atoms with Crippen molar-refractivity contribution in [2.45, 2.75) is 45.3 Å². The highest BCUT2D eigenvalue weighted by molar-refractivity contribution is 7.89. The van der Waals surface area contributed by atoms with Crippen LogP contribution < -0.4 is 0 Å². The normalized spacial score (nSPS) is 17.6. The lowest BCUT2D eigenvalue weighted by Crippen LogP contribution is -2.40. The third kappa shape index (κ3) is 4.45. The topological polar surface area (TPSA) is 55.2 Å². The molecule has 1 aromatic carbocycles. The van der Waals surface area contributed by atoms with Crippen LogP contribution in [0.2, 0.25) is 0 Å². The highest BCUT2D eigenvalue weighted by Gasteiger charge is 2.38. The summed E-state index contributed by atoms with van der Waals surface area (Å²) >= 11 is 0. The monoisotopic (exact) mass is 403 g/mol. The number of unbranched alkanes of at least 4 members (excludes halogenated alkanes) is 1. The van der Waals surface area contributed by atoms with Crippen molar-refractivity contribution in [3.63, 3.8) is 0 Å². The van der Waals surface area contributed by atoms with E-state index in [-0.39, 0.29) is 18.2 Å². The van der Waals surface area contributed by atoms with Gasteiger partial charge in [-0.05, 0) is 37.3 Å². The smallest absolute Gasteiger partial charge is 0.320 e. The van der Waals surface area contributed by atoms with Crippen LogP contribution in [-0.2, 0) is 22.7 Å². The second kappa shape index (κ2) is 7.79. The summed E-state index contributed by atoms with van der Waals surface area (Å²) in [7, 11) is -3.26. The minimum atomic E-state index is -4.52. The number of piperidine rings is 1. The number of halogens is 3. The van der Waals surface area contributed by atoms with Gasteiger partial charge in [-0.2, -0.15) is 13.2 Å². The number of fused-ring (bicyclic) bond motifs is 1. The summed E-state index contributed by atoms with van der Waals surface area (Å²) in [5.74, 6) is -0.763. The van der Waals surface area contributed by atoms with E-state index in [1.54, 1.807) is 24.3 Å². The molecule has 150 valence electrons. The molecule has 3 rings (SSSR count). The molecule has 9 heteroatoms. The standard InChI is InChI=1S/C18H24F3N3O2S/c1-2-3-12-27(25,26)23-10-8-14(9-11-23)13-24-16-7-5-4-6-15(16)22-17(24)18(19,20)21/h4-7,14H,2-3,8-13H2,1H3. The van der Waals surface area contributed by atoms with E-state index in [1.807, 2.05) is 6.92 Å². The maximum Gasteiger partial charge on any atom is 0.449 e. The quantitative estimate of drug-likeness (QED) is 0.735. The zero-order valence-electron chi connectivity index (χ0n) is 15.2. The molecule has 27 heavy (non-hydrogen) atoms. The molecule has 0 bridgehead atoms. The molecule has 0 aliphatic carbocycles. The average Bonchev–Trinajstić information content (AvgIpc) is 3.00. The summed E-state index contributed by atoms with van der Waals surface area (Å²) in [6.07, 6.45) is -1.99. The predicted octanol–water partition coefficient (Wildman–Crippen LogP) is 3.90. The van der Waals surface area contributed by atoms with Crippen molar-refractivity contribution >= 4 is 21.1 Å². The highest BCUT2D eigenvalue weighted by Crippen LogP contribution is 2.33. The molecule has 0 saturated carbocycles. The molecular formula is C18H24F3N3O2S. The van der Waals surface area contributed by atoms with Crippen LogP contribution in [0.15, 0.2) is 24.3 Å². The first-order chi connectivity index (χ1) is 12.7. The van der Waals surface area contributed by atoms with Crippen LogP contribution in [0, 0.1) is 5.92 Å². The van der Waals surface area contributed by atoms with Crippen molar-refractivity contribution in [1.29, 1.82) is 0 Å². The van der Waals surface area contributed by atoms with Crippen LogP contribution in [0.3, 0.4) is 0 Å². The van der Waals surface area contributed by atoms with Gasteiger partial charge in [-0.1, -0.05) is 25.5 Å². The zero-order chi connectivity index (χ0) is 19.7. The number of para-hydroxylation sites is 2. The minimum absolute atomic E-state index is 0.0127. The first kappa shape index (κ1) is 20.1. The Hall–Kier alpha value is -1.61. The Labute approximate surface area is 157 Å². The molecule has 0 spiro atoms. The number of sulfonamides is 1. The lowest BCUT2D eigenvalue weighted by molar-refractivity contribution is -0.147. The summed E-state index contributed by atoms with van der Waals surface area (Å²) < 4.78 is 67.5. The van der Waals surface area contributed by atoms with Crippen molar-refractivity contribution < 1.29 is 21.6 Å². The molecular weight excluding hydrogens is 379 g/mol. The van der Waals surface area contributed by atoms with Gasteiger partial charge < -0.3 is 4.57 Å². The molecule has 0 unspecified atom stereocenters. The van der Waals surface area contributed by atoms with Crippen LogP contribution in [0.25, 0.3) is 11.0 Å². The van der Waals surface area contributed by atoms with Gasteiger partial charge in [0.15, 0.2) is 0 Å². The SMILES string of the molecule is CCCCS(=O)(=O)N1CCC(Cn2c(C(F)(F)F)nc3ccccc32)CC1. The van der Waals surface area contributed by atoms with Gasteiger partial charge >= 0.3 is 6.18 Å². The molecule has 0 radical (unpaired) electrons. The summed E-state index contributed by atoms with van der Waals surface area (Å²) in [6.45, 7) is 2.86. The fourth-order valence-electron chi connectivity index (χ4n) is 3.56. The fraction of sp³-hybridized carbons (Fsp3) is 0.611. The van der Waals surface area contributed by atoms with Crippen LogP contribution in [0.4, 0.5) is 13.2 Å². The van der Waals surface area contributed by atoms with Crippen LogP contribution in [0.5, 0.6) is 0 Å². The molecule has 0 atom stereocenters. The molecule has 5 nitrogen and oxygen atoms in total. The van der Waals surface area contributed by atoms with Gasteiger partial charge in [0.2, 0.25) is 15.8 Å². The number of hydrogen-bond acceptors (Lipinski definition) is 3. The molecule has 1 aliphatic rings. The molecule has 1 aromatic heterocycles.